The van der Waals surface area contributed by atoms with Crippen LogP contribution in [0.5, 0.6) is 0 Å². The predicted molar refractivity (Wildman–Crippen MR) is 85.2 cm³/mol. The summed E-state index contributed by atoms with van der Waals surface area (Å²) in [6, 6.07) is 9.04. The average molecular weight is 327 g/mol. The molecule has 0 fully saturated rings. The molecular weight excluding hydrogens is 315 g/mol. The van der Waals surface area contributed by atoms with E-state index in [1.807, 2.05) is 31.4 Å². The highest BCUT2D eigenvalue weighted by Gasteiger charge is 2.15. The summed E-state index contributed by atoms with van der Waals surface area (Å²) in [6.07, 6.45) is 1.92. The monoisotopic (exact) mass is 326 g/mol. The van der Waals surface area contributed by atoms with Crippen LogP contribution in [0, 0.1) is 6.92 Å². The quantitative estimate of drug-likeness (QED) is 0.658. The lowest BCUT2D eigenvalue weighted by molar-refractivity contribution is 0.102. The third-order valence-electron chi connectivity index (χ3n) is 2.73. The van der Waals surface area contributed by atoms with E-state index in [1.165, 1.54) is 11.8 Å². The summed E-state index contributed by atoms with van der Waals surface area (Å²) >= 11 is 13.4. The summed E-state index contributed by atoms with van der Waals surface area (Å²) in [6.45, 7) is 1.82. The van der Waals surface area contributed by atoms with E-state index in [2.05, 4.69) is 10.3 Å². The highest BCUT2D eigenvalue weighted by molar-refractivity contribution is 7.98. The van der Waals surface area contributed by atoms with Gasteiger partial charge in [-0.15, -0.1) is 11.8 Å². The fourth-order valence-electron chi connectivity index (χ4n) is 1.76. The van der Waals surface area contributed by atoms with Gasteiger partial charge in [-0.1, -0.05) is 35.3 Å². The number of halogens is 2. The molecule has 0 saturated heterocycles. The van der Waals surface area contributed by atoms with Gasteiger partial charge in [0.15, 0.2) is 5.15 Å². The number of pyridine rings is 1. The van der Waals surface area contributed by atoms with E-state index < -0.39 is 0 Å². The first-order chi connectivity index (χ1) is 9.52. The minimum absolute atomic E-state index is 0.185. The molecule has 20 heavy (non-hydrogen) atoms. The van der Waals surface area contributed by atoms with Gasteiger partial charge >= 0.3 is 0 Å². The number of rotatable bonds is 3. The van der Waals surface area contributed by atoms with Gasteiger partial charge in [0.2, 0.25) is 0 Å². The van der Waals surface area contributed by atoms with Crippen LogP contribution in [-0.2, 0) is 0 Å². The molecule has 0 unspecified atom stereocenters. The van der Waals surface area contributed by atoms with Crippen LogP contribution in [0.25, 0.3) is 0 Å². The van der Waals surface area contributed by atoms with Crippen molar-refractivity contribution in [3.63, 3.8) is 0 Å². The summed E-state index contributed by atoms with van der Waals surface area (Å²) in [7, 11) is 0. The van der Waals surface area contributed by atoms with Gasteiger partial charge in [0, 0.05) is 4.90 Å². The Balaban J connectivity index is 2.33. The third kappa shape index (κ3) is 3.26. The molecule has 0 bridgehead atoms. The molecule has 0 aliphatic carbocycles. The molecule has 1 aromatic heterocycles. The van der Waals surface area contributed by atoms with Gasteiger partial charge in [0.1, 0.15) is 5.15 Å². The molecular formula is C14H12Cl2N2OS. The molecule has 1 N–H and O–H groups in total. The zero-order valence-electron chi connectivity index (χ0n) is 10.9. The molecule has 0 atom stereocenters. The highest BCUT2D eigenvalue weighted by Crippen LogP contribution is 2.28. The fourth-order valence-corrected chi connectivity index (χ4v) is 2.93. The number of hydrogen-bond donors (Lipinski definition) is 1. The minimum atomic E-state index is -0.218. The zero-order chi connectivity index (χ0) is 14.7. The summed E-state index contributed by atoms with van der Waals surface area (Å²) < 4.78 is 0. The highest BCUT2D eigenvalue weighted by atomic mass is 35.5. The van der Waals surface area contributed by atoms with Crippen molar-refractivity contribution in [1.82, 2.24) is 4.98 Å². The third-order valence-corrected chi connectivity index (χ3v) is 3.99. The van der Waals surface area contributed by atoms with E-state index in [4.69, 9.17) is 23.2 Å². The number of benzene rings is 1. The molecule has 2 aromatic rings. The summed E-state index contributed by atoms with van der Waals surface area (Å²) in [4.78, 5) is 17.2. The first kappa shape index (κ1) is 15.2. The number of aryl methyl sites for hydroxylation is 1. The molecule has 0 aliphatic rings. The molecule has 1 aromatic carbocycles. The Bertz CT molecular complexity index is 638. The normalized spacial score (nSPS) is 10.4. The van der Waals surface area contributed by atoms with Gasteiger partial charge in [-0.2, -0.15) is 0 Å². The largest absolute Gasteiger partial charge is 0.319 e. The molecule has 0 radical (unpaired) electrons. The maximum Gasteiger partial charge on any atom is 0.256 e. The van der Waals surface area contributed by atoms with Crippen LogP contribution in [0.4, 0.5) is 5.69 Å². The number of aromatic nitrogens is 1. The smallest absolute Gasteiger partial charge is 0.256 e. The first-order valence-corrected chi connectivity index (χ1v) is 7.78. The number of amides is 1. The Labute approximate surface area is 131 Å². The first-order valence-electron chi connectivity index (χ1n) is 5.80. The standard InChI is InChI=1S/C14H12Cl2N2OS/c1-8-7-11(15)17-13(16)12(8)18-14(19)9-5-3-4-6-10(9)20-2/h3-7H,1-2H3,(H,18,19). The minimum Gasteiger partial charge on any atom is -0.319 e. The lowest BCUT2D eigenvalue weighted by Gasteiger charge is -2.12. The second-order valence-electron chi connectivity index (χ2n) is 4.08. The van der Waals surface area contributed by atoms with Crippen molar-refractivity contribution in [3.05, 3.63) is 51.8 Å². The van der Waals surface area contributed by atoms with Crippen LogP contribution < -0.4 is 5.32 Å². The van der Waals surface area contributed by atoms with Gasteiger partial charge in [-0.05, 0) is 36.9 Å². The van der Waals surface area contributed by atoms with Gasteiger partial charge in [-0.25, -0.2) is 4.98 Å². The number of anilines is 1. The summed E-state index contributed by atoms with van der Waals surface area (Å²) in [5, 5.41) is 3.28. The van der Waals surface area contributed by atoms with E-state index >= 15 is 0 Å². The van der Waals surface area contributed by atoms with Crippen molar-refractivity contribution in [2.45, 2.75) is 11.8 Å². The van der Waals surface area contributed by atoms with Crippen molar-refractivity contribution in [2.75, 3.05) is 11.6 Å². The van der Waals surface area contributed by atoms with E-state index in [0.717, 1.165) is 10.5 Å². The maximum atomic E-state index is 12.3. The lowest BCUT2D eigenvalue weighted by Crippen LogP contribution is -2.14. The molecule has 0 saturated carbocycles. The zero-order valence-corrected chi connectivity index (χ0v) is 13.2. The summed E-state index contributed by atoms with van der Waals surface area (Å²) in [5.74, 6) is -0.218. The van der Waals surface area contributed by atoms with Crippen LogP contribution in [0.2, 0.25) is 10.3 Å². The number of carbonyl (C=O) groups is 1. The SMILES string of the molecule is CSc1ccccc1C(=O)Nc1c(C)cc(Cl)nc1Cl. The summed E-state index contributed by atoms with van der Waals surface area (Å²) in [5.41, 5.74) is 1.85. The Morgan fingerprint density at radius 2 is 2.00 bits per heavy atom. The molecule has 1 heterocycles. The lowest BCUT2D eigenvalue weighted by atomic mass is 10.2. The van der Waals surface area contributed by atoms with E-state index in [0.29, 0.717) is 16.4 Å². The van der Waals surface area contributed by atoms with Crippen LogP contribution in [0.15, 0.2) is 35.2 Å². The van der Waals surface area contributed by atoms with Gasteiger partial charge in [-0.3, -0.25) is 4.79 Å². The van der Waals surface area contributed by atoms with Crippen LogP contribution >= 0.6 is 35.0 Å². The van der Waals surface area contributed by atoms with Crippen molar-refractivity contribution in [1.29, 1.82) is 0 Å². The Kier molecular flexibility index (Phi) is 4.91. The Hall–Kier alpha value is -1.23. The van der Waals surface area contributed by atoms with Crippen LogP contribution in [0.3, 0.4) is 0 Å². The van der Waals surface area contributed by atoms with Crippen molar-refractivity contribution >= 4 is 46.6 Å². The van der Waals surface area contributed by atoms with Crippen molar-refractivity contribution in [3.8, 4) is 0 Å². The van der Waals surface area contributed by atoms with Crippen LogP contribution in [0.1, 0.15) is 15.9 Å². The average Bonchev–Trinajstić information content (AvgIpc) is 2.42. The molecule has 1 amide bonds. The second-order valence-corrected chi connectivity index (χ2v) is 5.68. The molecule has 104 valence electrons. The number of thioether (sulfide) groups is 1. The predicted octanol–water partition coefficient (Wildman–Crippen LogP) is 4.67. The number of carbonyl (C=O) groups excluding carboxylic acids is 1. The van der Waals surface area contributed by atoms with Crippen molar-refractivity contribution < 1.29 is 4.79 Å². The molecule has 0 spiro atoms. The van der Waals surface area contributed by atoms with Gasteiger partial charge in [0.25, 0.3) is 5.91 Å². The molecule has 6 heteroatoms. The number of nitrogens with zero attached hydrogens (tertiary/aromatic N) is 1. The Morgan fingerprint density at radius 3 is 2.65 bits per heavy atom. The topological polar surface area (TPSA) is 42.0 Å². The van der Waals surface area contributed by atoms with Crippen LogP contribution in [-0.4, -0.2) is 17.1 Å². The van der Waals surface area contributed by atoms with Gasteiger partial charge in [0.05, 0.1) is 11.3 Å². The van der Waals surface area contributed by atoms with Gasteiger partial charge < -0.3 is 5.32 Å². The molecule has 3 nitrogen and oxygen atoms in total. The Morgan fingerprint density at radius 1 is 1.30 bits per heavy atom. The van der Waals surface area contributed by atoms with E-state index in [9.17, 15) is 4.79 Å². The fraction of sp³-hybridized carbons (Fsp3) is 0.143. The molecule has 2 rings (SSSR count). The van der Waals surface area contributed by atoms with E-state index in [-0.39, 0.29) is 11.1 Å². The second kappa shape index (κ2) is 6.48. The van der Waals surface area contributed by atoms with E-state index in [1.54, 1.807) is 12.1 Å². The van der Waals surface area contributed by atoms with Crippen molar-refractivity contribution in [2.24, 2.45) is 0 Å². The molecule has 0 aliphatic heterocycles. The maximum absolute atomic E-state index is 12.3. The number of nitrogens with one attached hydrogen (secondary N) is 1. The number of hydrogen-bond acceptors (Lipinski definition) is 3.